The Morgan fingerprint density at radius 2 is 1.95 bits per heavy atom. The van der Waals surface area contributed by atoms with E-state index in [0.29, 0.717) is 12.1 Å². The van der Waals surface area contributed by atoms with E-state index >= 15 is 0 Å². The quantitative estimate of drug-likeness (QED) is 0.810. The number of aryl methyl sites for hydroxylation is 1. The average Bonchev–Trinajstić information content (AvgIpc) is 3.20. The van der Waals surface area contributed by atoms with Gasteiger partial charge in [0, 0.05) is 4.88 Å². The molecule has 1 aliphatic carbocycles. The summed E-state index contributed by atoms with van der Waals surface area (Å²) in [4.78, 5) is 1.44. The summed E-state index contributed by atoms with van der Waals surface area (Å²) < 4.78 is 5.84. The van der Waals surface area contributed by atoms with Crippen LogP contribution in [-0.4, -0.2) is 12.6 Å². The second-order valence-corrected chi connectivity index (χ2v) is 6.49. The van der Waals surface area contributed by atoms with Crippen LogP contribution in [0.25, 0.3) is 0 Å². The van der Waals surface area contributed by atoms with E-state index in [9.17, 15) is 0 Å². The lowest BCUT2D eigenvalue weighted by Crippen LogP contribution is -2.22. The van der Waals surface area contributed by atoms with Gasteiger partial charge in [0.2, 0.25) is 0 Å². The molecule has 21 heavy (non-hydrogen) atoms. The topological polar surface area (TPSA) is 21.3 Å². The summed E-state index contributed by atoms with van der Waals surface area (Å²) in [5, 5.41) is 5.82. The van der Waals surface area contributed by atoms with Crippen LogP contribution in [0.5, 0.6) is 5.75 Å². The molecule has 112 valence electrons. The number of ether oxygens (including phenoxy) is 1. The second-order valence-electron chi connectivity index (χ2n) is 5.54. The van der Waals surface area contributed by atoms with E-state index in [2.05, 4.69) is 54.9 Å². The summed E-state index contributed by atoms with van der Waals surface area (Å²) in [5.74, 6) is 0.999. The molecule has 1 heterocycles. The maximum atomic E-state index is 5.84. The molecule has 0 spiro atoms. The van der Waals surface area contributed by atoms with Crippen molar-refractivity contribution in [2.45, 2.75) is 45.3 Å². The predicted molar refractivity (Wildman–Crippen MR) is 89.3 cm³/mol. The highest BCUT2D eigenvalue weighted by atomic mass is 32.1. The number of rotatable bonds is 7. The molecule has 0 saturated heterocycles. The van der Waals surface area contributed by atoms with Crippen molar-refractivity contribution in [2.24, 2.45) is 0 Å². The normalized spacial score (nSPS) is 15.9. The van der Waals surface area contributed by atoms with Crippen LogP contribution in [0.4, 0.5) is 0 Å². The van der Waals surface area contributed by atoms with Crippen molar-refractivity contribution >= 4 is 11.3 Å². The first-order valence-corrected chi connectivity index (χ1v) is 8.76. The average molecular weight is 301 g/mol. The van der Waals surface area contributed by atoms with Crippen molar-refractivity contribution in [3.8, 4) is 5.75 Å². The molecular weight excluding hydrogens is 278 g/mol. The Balaban J connectivity index is 1.82. The molecule has 0 amide bonds. The standard InChI is InChI=1S/C18H23NOS/c1-3-13-11-12-21-18(13)17(19-4-2)14-5-7-15(8-6-14)20-16-9-10-16/h5-8,11-12,16-17,19H,3-4,9-10H2,1-2H3. The van der Waals surface area contributed by atoms with Gasteiger partial charge < -0.3 is 10.1 Å². The molecule has 2 nitrogen and oxygen atoms in total. The monoisotopic (exact) mass is 301 g/mol. The molecule has 1 fully saturated rings. The second kappa shape index (κ2) is 6.63. The zero-order chi connectivity index (χ0) is 14.7. The van der Waals surface area contributed by atoms with Crippen LogP contribution in [0.3, 0.4) is 0 Å². The van der Waals surface area contributed by atoms with E-state index in [-0.39, 0.29) is 0 Å². The number of benzene rings is 1. The molecule has 0 radical (unpaired) electrons. The third-order valence-corrected chi connectivity index (χ3v) is 4.90. The minimum Gasteiger partial charge on any atom is -0.490 e. The molecule has 1 N–H and O–H groups in total. The third kappa shape index (κ3) is 3.47. The Morgan fingerprint density at radius 3 is 2.57 bits per heavy atom. The summed E-state index contributed by atoms with van der Waals surface area (Å²) in [7, 11) is 0. The predicted octanol–water partition coefficient (Wildman–Crippen LogP) is 4.55. The lowest BCUT2D eigenvalue weighted by atomic mass is 10.0. The highest BCUT2D eigenvalue weighted by Gasteiger charge is 2.23. The molecule has 1 saturated carbocycles. The molecule has 1 unspecified atom stereocenters. The van der Waals surface area contributed by atoms with E-state index in [1.165, 1.54) is 28.8 Å². The fraction of sp³-hybridized carbons (Fsp3) is 0.444. The first-order chi connectivity index (χ1) is 10.3. The molecule has 3 rings (SSSR count). The van der Waals surface area contributed by atoms with Gasteiger partial charge in [0.25, 0.3) is 0 Å². The Bertz CT molecular complexity index is 571. The zero-order valence-electron chi connectivity index (χ0n) is 12.8. The Morgan fingerprint density at radius 1 is 1.19 bits per heavy atom. The summed E-state index contributed by atoms with van der Waals surface area (Å²) in [6.07, 6.45) is 3.96. The lowest BCUT2D eigenvalue weighted by Gasteiger charge is -2.19. The summed E-state index contributed by atoms with van der Waals surface area (Å²) in [6.45, 7) is 5.35. The van der Waals surface area contributed by atoms with E-state index in [4.69, 9.17) is 4.74 Å². The first kappa shape index (κ1) is 14.6. The molecule has 2 aromatic rings. The molecule has 1 aromatic carbocycles. The Labute approximate surface area is 131 Å². The van der Waals surface area contributed by atoms with Crippen LogP contribution < -0.4 is 10.1 Å². The van der Waals surface area contributed by atoms with E-state index < -0.39 is 0 Å². The van der Waals surface area contributed by atoms with E-state index in [1.807, 2.05) is 11.3 Å². The molecule has 0 aliphatic heterocycles. The van der Waals surface area contributed by atoms with Gasteiger partial charge in [0.15, 0.2) is 0 Å². The van der Waals surface area contributed by atoms with Crippen LogP contribution >= 0.6 is 11.3 Å². The Hall–Kier alpha value is -1.32. The van der Waals surface area contributed by atoms with Gasteiger partial charge in [0.1, 0.15) is 5.75 Å². The van der Waals surface area contributed by atoms with Gasteiger partial charge >= 0.3 is 0 Å². The largest absolute Gasteiger partial charge is 0.490 e. The van der Waals surface area contributed by atoms with Gasteiger partial charge in [-0.1, -0.05) is 26.0 Å². The summed E-state index contributed by atoms with van der Waals surface area (Å²) in [5.41, 5.74) is 2.77. The van der Waals surface area contributed by atoms with E-state index in [1.54, 1.807) is 0 Å². The van der Waals surface area contributed by atoms with Crippen molar-refractivity contribution in [3.63, 3.8) is 0 Å². The molecule has 1 aliphatic rings. The number of nitrogens with one attached hydrogen (secondary N) is 1. The van der Waals surface area contributed by atoms with E-state index in [0.717, 1.165) is 18.7 Å². The van der Waals surface area contributed by atoms with Gasteiger partial charge in [-0.2, -0.15) is 0 Å². The van der Waals surface area contributed by atoms with Crippen LogP contribution in [0.15, 0.2) is 35.7 Å². The molecule has 3 heteroatoms. The fourth-order valence-corrected chi connectivity index (χ4v) is 3.67. The van der Waals surface area contributed by atoms with Crippen molar-refractivity contribution in [3.05, 3.63) is 51.7 Å². The van der Waals surface area contributed by atoms with Crippen molar-refractivity contribution < 1.29 is 4.74 Å². The SMILES string of the molecule is CCNC(c1ccc(OC2CC2)cc1)c1sccc1CC. The minimum atomic E-state index is 0.292. The van der Waals surface area contributed by atoms with Gasteiger partial charge in [-0.25, -0.2) is 0 Å². The molecule has 1 aromatic heterocycles. The number of hydrogen-bond donors (Lipinski definition) is 1. The van der Waals surface area contributed by atoms with Crippen molar-refractivity contribution in [1.82, 2.24) is 5.32 Å². The maximum absolute atomic E-state index is 5.84. The van der Waals surface area contributed by atoms with Crippen LogP contribution in [0.2, 0.25) is 0 Å². The van der Waals surface area contributed by atoms with Gasteiger partial charge in [-0.3, -0.25) is 0 Å². The van der Waals surface area contributed by atoms with Crippen LogP contribution in [-0.2, 0) is 6.42 Å². The van der Waals surface area contributed by atoms with Gasteiger partial charge in [-0.15, -0.1) is 11.3 Å². The van der Waals surface area contributed by atoms with Crippen molar-refractivity contribution in [1.29, 1.82) is 0 Å². The molecule has 1 atom stereocenters. The molecular formula is C18H23NOS. The minimum absolute atomic E-state index is 0.292. The highest BCUT2D eigenvalue weighted by Crippen LogP contribution is 2.32. The van der Waals surface area contributed by atoms with Gasteiger partial charge in [0.05, 0.1) is 12.1 Å². The fourth-order valence-electron chi connectivity index (χ4n) is 2.58. The lowest BCUT2D eigenvalue weighted by molar-refractivity contribution is 0.303. The van der Waals surface area contributed by atoms with Gasteiger partial charge in [-0.05, 0) is 60.5 Å². The smallest absolute Gasteiger partial charge is 0.119 e. The summed E-state index contributed by atoms with van der Waals surface area (Å²) >= 11 is 1.85. The van der Waals surface area contributed by atoms with Crippen LogP contribution in [0, 0.1) is 0 Å². The number of hydrogen-bond acceptors (Lipinski definition) is 3. The number of thiophene rings is 1. The third-order valence-electron chi connectivity index (χ3n) is 3.87. The first-order valence-electron chi connectivity index (χ1n) is 7.88. The van der Waals surface area contributed by atoms with Crippen LogP contribution in [0.1, 0.15) is 48.7 Å². The van der Waals surface area contributed by atoms with Crippen molar-refractivity contribution in [2.75, 3.05) is 6.54 Å². The summed E-state index contributed by atoms with van der Waals surface area (Å²) in [6, 6.07) is 11.2. The molecule has 0 bridgehead atoms. The zero-order valence-corrected chi connectivity index (χ0v) is 13.6. The maximum Gasteiger partial charge on any atom is 0.119 e. The Kier molecular flexibility index (Phi) is 4.61. The highest BCUT2D eigenvalue weighted by molar-refractivity contribution is 7.10.